The Balaban J connectivity index is 1.58. The summed E-state index contributed by atoms with van der Waals surface area (Å²) in [5, 5.41) is 3.39. The molecular formula is C16H23N3O3. The van der Waals surface area contributed by atoms with Gasteiger partial charge in [-0.15, -0.1) is 0 Å². The fourth-order valence-corrected chi connectivity index (χ4v) is 2.89. The average molecular weight is 305 g/mol. The van der Waals surface area contributed by atoms with Gasteiger partial charge in [-0.2, -0.15) is 0 Å². The molecule has 1 unspecified atom stereocenters. The Morgan fingerprint density at radius 3 is 3.09 bits per heavy atom. The number of nitrogens with one attached hydrogen (secondary N) is 1. The van der Waals surface area contributed by atoms with Crippen molar-refractivity contribution in [2.24, 2.45) is 10.9 Å². The molecule has 2 aliphatic rings. The summed E-state index contributed by atoms with van der Waals surface area (Å²) in [4.78, 5) is 6.51. The second kappa shape index (κ2) is 6.87. The highest BCUT2D eigenvalue weighted by atomic mass is 16.7. The Kier molecular flexibility index (Phi) is 4.68. The van der Waals surface area contributed by atoms with Crippen LogP contribution in [-0.2, 0) is 11.3 Å². The first-order valence-corrected chi connectivity index (χ1v) is 7.65. The Morgan fingerprint density at radius 1 is 1.41 bits per heavy atom. The van der Waals surface area contributed by atoms with E-state index in [-0.39, 0.29) is 0 Å². The van der Waals surface area contributed by atoms with E-state index in [0.29, 0.717) is 19.3 Å². The lowest BCUT2D eigenvalue weighted by atomic mass is 10.1. The van der Waals surface area contributed by atoms with E-state index in [2.05, 4.69) is 22.3 Å². The molecule has 3 rings (SSSR count). The zero-order chi connectivity index (χ0) is 15.4. The van der Waals surface area contributed by atoms with Crippen LogP contribution in [0.5, 0.6) is 11.5 Å². The second-order valence-corrected chi connectivity index (χ2v) is 5.66. The molecule has 1 atom stereocenters. The lowest BCUT2D eigenvalue weighted by Crippen LogP contribution is -2.41. The molecule has 0 aliphatic carbocycles. The predicted octanol–water partition coefficient (Wildman–Crippen LogP) is 1.46. The maximum absolute atomic E-state index is 5.53. The summed E-state index contributed by atoms with van der Waals surface area (Å²) in [7, 11) is 3.86. The van der Waals surface area contributed by atoms with Gasteiger partial charge in [0.1, 0.15) is 0 Å². The van der Waals surface area contributed by atoms with Crippen molar-refractivity contribution in [2.75, 3.05) is 40.6 Å². The number of benzene rings is 1. The van der Waals surface area contributed by atoms with Crippen molar-refractivity contribution in [3.05, 3.63) is 23.8 Å². The summed E-state index contributed by atoms with van der Waals surface area (Å²) in [6.45, 7) is 3.62. The predicted molar refractivity (Wildman–Crippen MR) is 84.3 cm³/mol. The van der Waals surface area contributed by atoms with Crippen molar-refractivity contribution in [3.8, 4) is 11.5 Å². The zero-order valence-corrected chi connectivity index (χ0v) is 13.2. The van der Waals surface area contributed by atoms with Gasteiger partial charge in [0.25, 0.3) is 0 Å². The molecule has 0 bridgehead atoms. The number of aliphatic imine (C=N–C) groups is 1. The van der Waals surface area contributed by atoms with Crippen LogP contribution in [0.25, 0.3) is 0 Å². The number of hydrogen-bond donors (Lipinski definition) is 1. The minimum Gasteiger partial charge on any atom is -0.454 e. The monoisotopic (exact) mass is 305 g/mol. The van der Waals surface area contributed by atoms with Crippen molar-refractivity contribution in [3.63, 3.8) is 0 Å². The van der Waals surface area contributed by atoms with Crippen LogP contribution >= 0.6 is 0 Å². The zero-order valence-electron chi connectivity index (χ0n) is 13.2. The third kappa shape index (κ3) is 3.27. The van der Waals surface area contributed by atoms with Crippen LogP contribution in [0.2, 0.25) is 0 Å². The van der Waals surface area contributed by atoms with Crippen molar-refractivity contribution < 1.29 is 14.2 Å². The normalized spacial score (nSPS) is 20.3. The molecule has 2 aliphatic heterocycles. The molecule has 0 aromatic heterocycles. The van der Waals surface area contributed by atoms with Crippen molar-refractivity contribution in [1.29, 1.82) is 0 Å². The number of para-hydroxylation sites is 1. The van der Waals surface area contributed by atoms with Crippen LogP contribution < -0.4 is 14.8 Å². The summed E-state index contributed by atoms with van der Waals surface area (Å²) in [5.41, 5.74) is 1.08. The minimum absolute atomic E-state index is 0.294. The van der Waals surface area contributed by atoms with E-state index in [1.165, 1.54) is 0 Å². The van der Waals surface area contributed by atoms with Crippen molar-refractivity contribution >= 4 is 5.96 Å². The van der Waals surface area contributed by atoms with Crippen LogP contribution in [-0.4, -0.2) is 51.5 Å². The van der Waals surface area contributed by atoms with Gasteiger partial charge in [-0.25, -0.2) is 0 Å². The molecule has 6 heteroatoms. The second-order valence-electron chi connectivity index (χ2n) is 5.66. The maximum Gasteiger partial charge on any atom is 0.231 e. The first-order chi connectivity index (χ1) is 10.8. The Bertz CT molecular complexity index is 541. The van der Waals surface area contributed by atoms with E-state index >= 15 is 0 Å². The van der Waals surface area contributed by atoms with Gasteiger partial charge >= 0.3 is 0 Å². The van der Waals surface area contributed by atoms with E-state index in [9.17, 15) is 0 Å². The number of nitrogens with zero attached hydrogens (tertiary/aromatic N) is 2. The smallest absolute Gasteiger partial charge is 0.231 e. The van der Waals surface area contributed by atoms with E-state index in [4.69, 9.17) is 14.2 Å². The number of rotatable bonds is 4. The average Bonchev–Trinajstić information content (AvgIpc) is 3.19. The fourth-order valence-electron chi connectivity index (χ4n) is 2.89. The molecule has 0 radical (unpaired) electrons. The molecule has 1 saturated heterocycles. The summed E-state index contributed by atoms with van der Waals surface area (Å²) in [6, 6.07) is 5.94. The highest BCUT2D eigenvalue weighted by molar-refractivity contribution is 5.79. The molecule has 0 spiro atoms. The van der Waals surface area contributed by atoms with Crippen molar-refractivity contribution in [2.45, 2.75) is 13.0 Å². The molecule has 1 fully saturated rings. The van der Waals surface area contributed by atoms with E-state index in [0.717, 1.165) is 49.2 Å². The SMILES string of the molecule is CN=C(NCc1cccc2c1OCO2)N(C)CC1CCOC1. The first-order valence-electron chi connectivity index (χ1n) is 7.65. The minimum atomic E-state index is 0.294. The molecule has 6 nitrogen and oxygen atoms in total. The topological polar surface area (TPSA) is 55.3 Å². The van der Waals surface area contributed by atoms with Gasteiger partial charge in [0.15, 0.2) is 17.5 Å². The largest absolute Gasteiger partial charge is 0.454 e. The summed E-state index contributed by atoms with van der Waals surface area (Å²) in [5.74, 6) is 3.10. The van der Waals surface area contributed by atoms with Crippen LogP contribution in [0.3, 0.4) is 0 Å². The van der Waals surface area contributed by atoms with Crippen molar-refractivity contribution in [1.82, 2.24) is 10.2 Å². The van der Waals surface area contributed by atoms with E-state index < -0.39 is 0 Å². The Labute approximate surface area is 131 Å². The number of hydrogen-bond acceptors (Lipinski definition) is 4. The molecule has 1 N–H and O–H groups in total. The van der Waals surface area contributed by atoms with Gasteiger partial charge in [0.05, 0.1) is 6.61 Å². The van der Waals surface area contributed by atoms with Gasteiger partial charge < -0.3 is 24.4 Å². The number of guanidine groups is 1. The molecule has 0 saturated carbocycles. The Hall–Kier alpha value is -1.95. The molecule has 120 valence electrons. The lowest BCUT2D eigenvalue weighted by molar-refractivity contribution is 0.173. The first kappa shape index (κ1) is 15.0. The van der Waals surface area contributed by atoms with Gasteiger partial charge in [-0.3, -0.25) is 4.99 Å². The van der Waals surface area contributed by atoms with Crippen LogP contribution in [0.4, 0.5) is 0 Å². The van der Waals surface area contributed by atoms with Crippen LogP contribution in [0.1, 0.15) is 12.0 Å². The summed E-state index contributed by atoms with van der Waals surface area (Å²) in [6.07, 6.45) is 1.12. The van der Waals surface area contributed by atoms with Gasteiger partial charge in [-0.1, -0.05) is 12.1 Å². The maximum atomic E-state index is 5.53. The lowest BCUT2D eigenvalue weighted by Gasteiger charge is -2.24. The highest BCUT2D eigenvalue weighted by Crippen LogP contribution is 2.35. The molecule has 0 amide bonds. The van der Waals surface area contributed by atoms with Crippen LogP contribution in [0.15, 0.2) is 23.2 Å². The van der Waals surface area contributed by atoms with Gasteiger partial charge in [0, 0.05) is 45.3 Å². The highest BCUT2D eigenvalue weighted by Gasteiger charge is 2.20. The van der Waals surface area contributed by atoms with E-state index in [1.54, 1.807) is 7.05 Å². The third-order valence-electron chi connectivity index (χ3n) is 4.04. The standard InChI is InChI=1S/C16H23N3O3/c1-17-16(19(2)9-12-6-7-20-10-12)18-8-13-4-3-5-14-15(13)22-11-21-14/h3-5,12H,6-11H2,1-2H3,(H,17,18). The van der Waals surface area contributed by atoms with E-state index in [1.807, 2.05) is 18.2 Å². The third-order valence-corrected chi connectivity index (χ3v) is 4.04. The fraction of sp³-hybridized carbons (Fsp3) is 0.562. The van der Waals surface area contributed by atoms with Crippen LogP contribution in [0, 0.1) is 5.92 Å². The summed E-state index contributed by atoms with van der Waals surface area (Å²) < 4.78 is 16.4. The van der Waals surface area contributed by atoms with Gasteiger partial charge in [-0.05, 0) is 12.5 Å². The molecular weight excluding hydrogens is 282 g/mol. The quantitative estimate of drug-likeness (QED) is 0.674. The number of fused-ring (bicyclic) bond motifs is 1. The number of ether oxygens (including phenoxy) is 3. The molecule has 1 aromatic rings. The molecule has 2 heterocycles. The molecule has 1 aromatic carbocycles. The van der Waals surface area contributed by atoms with Gasteiger partial charge in [0.2, 0.25) is 6.79 Å². The molecule has 22 heavy (non-hydrogen) atoms. The summed E-state index contributed by atoms with van der Waals surface area (Å²) >= 11 is 0. The Morgan fingerprint density at radius 2 is 2.32 bits per heavy atom.